The van der Waals surface area contributed by atoms with Gasteiger partial charge in [-0.15, -0.1) is 11.3 Å². The molecule has 6 nitrogen and oxygen atoms in total. The van der Waals surface area contributed by atoms with Crippen LogP contribution < -0.4 is 14.8 Å². The first-order valence-corrected chi connectivity index (χ1v) is 11.5. The number of amides is 1. The molecule has 31 heavy (non-hydrogen) atoms. The summed E-state index contributed by atoms with van der Waals surface area (Å²) >= 11 is 1.44. The lowest BCUT2D eigenvalue weighted by Gasteiger charge is -2.17. The van der Waals surface area contributed by atoms with E-state index in [2.05, 4.69) is 5.32 Å². The van der Waals surface area contributed by atoms with Crippen molar-refractivity contribution in [3.63, 3.8) is 0 Å². The van der Waals surface area contributed by atoms with Crippen LogP contribution in [0.4, 0.5) is 0 Å². The molecule has 0 aliphatic carbocycles. The maximum Gasteiger partial charge on any atom is 0.220 e. The summed E-state index contributed by atoms with van der Waals surface area (Å²) < 4.78 is 11.2. The number of benzene rings is 1. The van der Waals surface area contributed by atoms with Crippen LogP contribution in [0.1, 0.15) is 72.6 Å². The lowest BCUT2D eigenvalue weighted by Crippen LogP contribution is -2.27. The highest BCUT2D eigenvalue weighted by atomic mass is 32.1. The largest absolute Gasteiger partial charge is 0.490 e. The third kappa shape index (κ3) is 7.83. The Hall–Kier alpha value is -2.67. The molecule has 2 rings (SSSR count). The van der Waals surface area contributed by atoms with Gasteiger partial charge in [0.15, 0.2) is 17.3 Å². The Morgan fingerprint density at radius 2 is 1.61 bits per heavy atom. The van der Waals surface area contributed by atoms with E-state index in [0.29, 0.717) is 29.6 Å². The van der Waals surface area contributed by atoms with Crippen LogP contribution in [0.15, 0.2) is 30.3 Å². The smallest absolute Gasteiger partial charge is 0.220 e. The van der Waals surface area contributed by atoms with Crippen molar-refractivity contribution in [1.82, 2.24) is 5.32 Å². The predicted octanol–water partition coefficient (Wildman–Crippen LogP) is 5.04. The summed E-state index contributed by atoms with van der Waals surface area (Å²) in [6.45, 7) is 8.69. The van der Waals surface area contributed by atoms with Gasteiger partial charge in [0.1, 0.15) is 5.78 Å². The summed E-state index contributed by atoms with van der Waals surface area (Å²) in [5.74, 6) is 1.01. The molecule has 0 saturated carbocycles. The summed E-state index contributed by atoms with van der Waals surface area (Å²) in [7, 11) is 0. The van der Waals surface area contributed by atoms with E-state index in [1.165, 1.54) is 11.3 Å². The minimum Gasteiger partial charge on any atom is -0.490 e. The minimum atomic E-state index is -0.235. The Morgan fingerprint density at radius 3 is 2.26 bits per heavy atom. The fraction of sp³-hybridized carbons (Fsp3) is 0.458. The van der Waals surface area contributed by atoms with Crippen LogP contribution in [-0.4, -0.2) is 30.7 Å². The maximum atomic E-state index is 12.3. The number of hydrogen-bond acceptors (Lipinski definition) is 6. The first-order valence-electron chi connectivity index (χ1n) is 10.6. The summed E-state index contributed by atoms with van der Waals surface area (Å²) in [4.78, 5) is 38.2. The quantitative estimate of drug-likeness (QED) is 0.437. The Kier molecular flexibility index (Phi) is 9.72. The Balaban J connectivity index is 1.80. The van der Waals surface area contributed by atoms with Gasteiger partial charge in [0.2, 0.25) is 5.91 Å². The Bertz CT molecular complexity index is 905. The average Bonchev–Trinajstić information content (AvgIpc) is 3.18. The summed E-state index contributed by atoms with van der Waals surface area (Å²) in [5, 5.41) is 2.91. The monoisotopic (exact) mass is 445 g/mol. The number of carbonyl (C=O) groups is 3. The van der Waals surface area contributed by atoms with E-state index in [9.17, 15) is 14.4 Å². The summed E-state index contributed by atoms with van der Waals surface area (Å²) in [6, 6.07) is 9.04. The molecule has 1 aromatic heterocycles. The van der Waals surface area contributed by atoms with Crippen molar-refractivity contribution in [3.8, 4) is 11.5 Å². The standard InChI is InChI=1S/C24H31NO5S/c1-5-29-21-12-8-18(15-22(21)30-6-2)17(4)25-24(28)14-10-19(26)9-11-20(27)23-13-7-16(3)31-23/h7-8,12-13,15,17H,5-6,9-11,14H2,1-4H3,(H,25,28). The molecule has 1 N–H and O–H groups in total. The Labute approximate surface area is 187 Å². The van der Waals surface area contributed by atoms with E-state index in [0.717, 1.165) is 10.4 Å². The lowest BCUT2D eigenvalue weighted by atomic mass is 10.1. The number of aryl methyl sites for hydroxylation is 1. The molecule has 2 aromatic rings. The van der Waals surface area contributed by atoms with E-state index in [1.54, 1.807) is 6.07 Å². The molecular weight excluding hydrogens is 414 g/mol. The zero-order valence-electron chi connectivity index (χ0n) is 18.7. The van der Waals surface area contributed by atoms with Gasteiger partial charge in [0.05, 0.1) is 24.1 Å². The molecular formula is C24H31NO5S. The van der Waals surface area contributed by atoms with Crippen molar-refractivity contribution in [1.29, 1.82) is 0 Å². The molecule has 1 aromatic carbocycles. The summed E-state index contributed by atoms with van der Waals surface area (Å²) in [5.41, 5.74) is 0.892. The predicted molar refractivity (Wildman–Crippen MR) is 122 cm³/mol. The molecule has 7 heteroatoms. The topological polar surface area (TPSA) is 81.7 Å². The number of nitrogens with one attached hydrogen (secondary N) is 1. The SMILES string of the molecule is CCOc1ccc(C(C)NC(=O)CCC(=O)CCC(=O)c2ccc(C)s2)cc1OCC. The molecule has 0 spiro atoms. The van der Waals surface area contributed by atoms with Gasteiger partial charge < -0.3 is 14.8 Å². The highest BCUT2D eigenvalue weighted by Crippen LogP contribution is 2.30. The second-order valence-corrected chi connectivity index (χ2v) is 8.52. The second-order valence-electron chi connectivity index (χ2n) is 7.23. The van der Waals surface area contributed by atoms with E-state index in [4.69, 9.17) is 9.47 Å². The molecule has 1 unspecified atom stereocenters. The van der Waals surface area contributed by atoms with Crippen LogP contribution in [0.5, 0.6) is 11.5 Å². The van der Waals surface area contributed by atoms with Crippen LogP contribution >= 0.6 is 11.3 Å². The van der Waals surface area contributed by atoms with Gasteiger partial charge in [-0.2, -0.15) is 0 Å². The second kappa shape index (κ2) is 12.2. The van der Waals surface area contributed by atoms with Gasteiger partial charge >= 0.3 is 0 Å². The number of ether oxygens (including phenoxy) is 2. The van der Waals surface area contributed by atoms with Crippen molar-refractivity contribution in [2.75, 3.05) is 13.2 Å². The minimum absolute atomic E-state index is 0.0230. The van der Waals surface area contributed by atoms with Gasteiger partial charge in [-0.1, -0.05) is 6.07 Å². The number of hydrogen-bond donors (Lipinski definition) is 1. The summed E-state index contributed by atoms with van der Waals surface area (Å²) in [6.07, 6.45) is 0.575. The fourth-order valence-corrected chi connectivity index (χ4v) is 3.91. The molecule has 1 atom stereocenters. The molecule has 0 aliphatic heterocycles. The van der Waals surface area contributed by atoms with Crippen LogP contribution in [0.3, 0.4) is 0 Å². The van der Waals surface area contributed by atoms with Crippen molar-refractivity contribution < 1.29 is 23.9 Å². The van der Waals surface area contributed by atoms with E-state index in [1.807, 2.05) is 52.0 Å². The van der Waals surface area contributed by atoms with Crippen LogP contribution in [0, 0.1) is 6.92 Å². The van der Waals surface area contributed by atoms with Gasteiger partial charge in [0, 0.05) is 30.6 Å². The number of ketones is 2. The van der Waals surface area contributed by atoms with Crippen LogP contribution in [0.2, 0.25) is 0 Å². The van der Waals surface area contributed by atoms with Crippen molar-refractivity contribution in [2.45, 2.75) is 59.4 Å². The first-order chi connectivity index (χ1) is 14.8. The third-order valence-corrected chi connectivity index (χ3v) is 5.76. The maximum absolute atomic E-state index is 12.3. The molecule has 0 saturated heterocycles. The normalized spacial score (nSPS) is 11.6. The van der Waals surface area contributed by atoms with E-state index < -0.39 is 0 Å². The van der Waals surface area contributed by atoms with Crippen molar-refractivity contribution in [3.05, 3.63) is 45.6 Å². The van der Waals surface area contributed by atoms with Crippen molar-refractivity contribution >= 4 is 28.8 Å². The van der Waals surface area contributed by atoms with Gasteiger partial charge in [-0.3, -0.25) is 14.4 Å². The van der Waals surface area contributed by atoms with Gasteiger partial charge in [-0.25, -0.2) is 0 Å². The number of carbonyl (C=O) groups excluding carboxylic acids is 3. The molecule has 1 heterocycles. The molecule has 0 aliphatic rings. The third-order valence-electron chi connectivity index (χ3n) is 4.72. The average molecular weight is 446 g/mol. The zero-order valence-corrected chi connectivity index (χ0v) is 19.5. The van der Waals surface area contributed by atoms with Gasteiger partial charge in [0.25, 0.3) is 0 Å². The van der Waals surface area contributed by atoms with Gasteiger partial charge in [-0.05, 0) is 57.5 Å². The highest BCUT2D eigenvalue weighted by Gasteiger charge is 2.15. The molecule has 1 amide bonds. The fourth-order valence-electron chi connectivity index (χ4n) is 3.07. The molecule has 0 bridgehead atoms. The molecule has 168 valence electrons. The van der Waals surface area contributed by atoms with Crippen LogP contribution in [-0.2, 0) is 9.59 Å². The van der Waals surface area contributed by atoms with E-state index in [-0.39, 0.29) is 49.2 Å². The van der Waals surface area contributed by atoms with Crippen molar-refractivity contribution in [2.24, 2.45) is 0 Å². The van der Waals surface area contributed by atoms with Crippen LogP contribution in [0.25, 0.3) is 0 Å². The van der Waals surface area contributed by atoms with E-state index >= 15 is 0 Å². The highest BCUT2D eigenvalue weighted by molar-refractivity contribution is 7.14. The zero-order chi connectivity index (χ0) is 22.8. The Morgan fingerprint density at radius 1 is 0.935 bits per heavy atom. The lowest BCUT2D eigenvalue weighted by molar-refractivity contribution is -0.125. The number of Topliss-reactive ketones (excluding diaryl/α,β-unsaturated/α-hetero) is 2. The molecule has 0 radical (unpaired) electrons. The molecule has 0 fully saturated rings. The number of thiophene rings is 1. The first kappa shape index (κ1) is 24.6. The number of rotatable bonds is 13.